The molecule has 0 aliphatic carbocycles. The third kappa shape index (κ3) is 3.79. The standard InChI is InChI=1S/C15H21IN2/c1-12(18-9-3-2-4-10-18)11-15(17)13-5-7-14(16)8-6-13/h5-8,12,17H,2-4,9-11H2,1H3. The van der Waals surface area contributed by atoms with Crippen LogP contribution in [0.25, 0.3) is 0 Å². The maximum absolute atomic E-state index is 8.22. The van der Waals surface area contributed by atoms with E-state index < -0.39 is 0 Å². The summed E-state index contributed by atoms with van der Waals surface area (Å²) >= 11 is 2.30. The van der Waals surface area contributed by atoms with Crippen molar-refractivity contribution in [1.29, 1.82) is 5.41 Å². The molecule has 0 saturated carbocycles. The lowest BCUT2D eigenvalue weighted by Gasteiger charge is -2.32. The number of rotatable bonds is 4. The average Bonchev–Trinajstić information content (AvgIpc) is 2.40. The van der Waals surface area contributed by atoms with Crippen LogP contribution >= 0.6 is 22.6 Å². The van der Waals surface area contributed by atoms with E-state index in [0.717, 1.165) is 17.7 Å². The highest BCUT2D eigenvalue weighted by molar-refractivity contribution is 14.1. The molecule has 0 aromatic heterocycles. The molecular weight excluding hydrogens is 335 g/mol. The smallest absolute Gasteiger partial charge is 0.0401 e. The van der Waals surface area contributed by atoms with E-state index in [1.165, 1.54) is 35.9 Å². The Morgan fingerprint density at radius 2 is 1.83 bits per heavy atom. The topological polar surface area (TPSA) is 27.1 Å². The van der Waals surface area contributed by atoms with Gasteiger partial charge in [0.05, 0.1) is 0 Å². The molecule has 1 unspecified atom stereocenters. The minimum Gasteiger partial charge on any atom is -0.305 e. The van der Waals surface area contributed by atoms with Crippen LogP contribution in [0.4, 0.5) is 0 Å². The molecule has 1 heterocycles. The van der Waals surface area contributed by atoms with Crippen LogP contribution in [0.15, 0.2) is 24.3 Å². The molecule has 1 saturated heterocycles. The summed E-state index contributed by atoms with van der Waals surface area (Å²) in [5, 5.41) is 8.22. The van der Waals surface area contributed by atoms with Gasteiger partial charge in [0.1, 0.15) is 0 Å². The van der Waals surface area contributed by atoms with E-state index in [2.05, 4.69) is 58.7 Å². The Morgan fingerprint density at radius 1 is 1.22 bits per heavy atom. The van der Waals surface area contributed by atoms with Crippen LogP contribution < -0.4 is 0 Å². The van der Waals surface area contributed by atoms with Gasteiger partial charge in [0.15, 0.2) is 0 Å². The summed E-state index contributed by atoms with van der Waals surface area (Å²) < 4.78 is 1.23. The van der Waals surface area contributed by atoms with Gasteiger partial charge in [-0.3, -0.25) is 0 Å². The maximum Gasteiger partial charge on any atom is 0.0401 e. The van der Waals surface area contributed by atoms with Gasteiger partial charge in [0.25, 0.3) is 0 Å². The van der Waals surface area contributed by atoms with Gasteiger partial charge in [-0.25, -0.2) is 0 Å². The SMILES string of the molecule is CC(CC(=N)c1ccc(I)cc1)N1CCCCC1. The first kappa shape index (κ1) is 14.0. The Morgan fingerprint density at radius 3 is 2.44 bits per heavy atom. The second-order valence-electron chi connectivity index (χ2n) is 5.14. The van der Waals surface area contributed by atoms with Gasteiger partial charge in [0.2, 0.25) is 0 Å². The van der Waals surface area contributed by atoms with Crippen LogP contribution in [0.5, 0.6) is 0 Å². The highest BCUT2D eigenvalue weighted by Gasteiger charge is 2.18. The van der Waals surface area contributed by atoms with Crippen LogP contribution in [0, 0.1) is 8.98 Å². The molecule has 0 radical (unpaired) electrons. The zero-order chi connectivity index (χ0) is 13.0. The lowest BCUT2D eigenvalue weighted by Crippen LogP contribution is -2.38. The molecule has 0 spiro atoms. The van der Waals surface area contributed by atoms with Crippen LogP contribution in [0.3, 0.4) is 0 Å². The molecule has 1 aliphatic heterocycles. The zero-order valence-corrected chi connectivity index (χ0v) is 13.1. The van der Waals surface area contributed by atoms with Crippen LogP contribution in [0.1, 0.15) is 38.2 Å². The van der Waals surface area contributed by atoms with Crippen molar-refractivity contribution in [1.82, 2.24) is 4.90 Å². The summed E-state index contributed by atoms with van der Waals surface area (Å²) in [6.07, 6.45) is 4.88. The zero-order valence-electron chi connectivity index (χ0n) is 11.0. The van der Waals surface area contributed by atoms with Crippen molar-refractivity contribution >= 4 is 28.3 Å². The molecule has 0 bridgehead atoms. The monoisotopic (exact) mass is 356 g/mol. The lowest BCUT2D eigenvalue weighted by molar-refractivity contribution is 0.177. The van der Waals surface area contributed by atoms with Gasteiger partial charge in [-0.05, 0) is 73.1 Å². The van der Waals surface area contributed by atoms with Gasteiger partial charge in [-0.1, -0.05) is 18.6 Å². The highest BCUT2D eigenvalue weighted by atomic mass is 127. The third-order valence-corrected chi connectivity index (χ3v) is 4.43. The summed E-state index contributed by atoms with van der Waals surface area (Å²) in [5.41, 5.74) is 1.84. The Hall–Kier alpha value is -0.420. The normalized spacial score (nSPS) is 18.6. The Kier molecular flexibility index (Phi) is 5.18. The van der Waals surface area contributed by atoms with Gasteiger partial charge in [-0.2, -0.15) is 0 Å². The Balaban J connectivity index is 1.91. The molecule has 18 heavy (non-hydrogen) atoms. The molecule has 1 N–H and O–H groups in total. The van der Waals surface area contributed by atoms with Gasteiger partial charge < -0.3 is 10.3 Å². The minimum atomic E-state index is 0.497. The molecular formula is C15H21IN2. The van der Waals surface area contributed by atoms with Crippen molar-refractivity contribution in [3.63, 3.8) is 0 Å². The fraction of sp³-hybridized carbons (Fsp3) is 0.533. The predicted octanol–water partition coefficient (Wildman–Crippen LogP) is 3.92. The number of benzene rings is 1. The average molecular weight is 356 g/mol. The summed E-state index contributed by atoms with van der Waals surface area (Å²) in [6.45, 7) is 4.68. The first-order chi connectivity index (χ1) is 8.66. The van der Waals surface area contributed by atoms with Gasteiger partial charge >= 0.3 is 0 Å². The van der Waals surface area contributed by atoms with E-state index in [1.807, 2.05) is 0 Å². The minimum absolute atomic E-state index is 0.497. The summed E-state index contributed by atoms with van der Waals surface area (Å²) in [6, 6.07) is 8.78. The number of piperidine rings is 1. The van der Waals surface area contributed by atoms with E-state index >= 15 is 0 Å². The number of likely N-dealkylation sites (tertiary alicyclic amines) is 1. The summed E-state index contributed by atoms with van der Waals surface area (Å²) in [5.74, 6) is 0. The van der Waals surface area contributed by atoms with Crippen molar-refractivity contribution < 1.29 is 0 Å². The van der Waals surface area contributed by atoms with Crippen molar-refractivity contribution in [3.05, 3.63) is 33.4 Å². The maximum atomic E-state index is 8.22. The Labute approximate surface area is 123 Å². The number of halogens is 1. The summed E-state index contributed by atoms with van der Waals surface area (Å²) in [4.78, 5) is 2.53. The van der Waals surface area contributed by atoms with E-state index in [-0.39, 0.29) is 0 Å². The molecule has 3 heteroatoms. The van der Waals surface area contributed by atoms with E-state index in [1.54, 1.807) is 0 Å². The van der Waals surface area contributed by atoms with Crippen LogP contribution in [-0.4, -0.2) is 29.7 Å². The molecule has 98 valence electrons. The first-order valence-corrected chi connectivity index (χ1v) is 7.82. The molecule has 0 amide bonds. The number of nitrogens with one attached hydrogen (secondary N) is 1. The van der Waals surface area contributed by atoms with Crippen LogP contribution in [-0.2, 0) is 0 Å². The molecule has 2 nitrogen and oxygen atoms in total. The number of nitrogens with zero attached hydrogens (tertiary/aromatic N) is 1. The predicted molar refractivity (Wildman–Crippen MR) is 85.5 cm³/mol. The lowest BCUT2D eigenvalue weighted by atomic mass is 10.0. The van der Waals surface area contributed by atoms with Crippen molar-refractivity contribution in [2.75, 3.05) is 13.1 Å². The fourth-order valence-electron chi connectivity index (χ4n) is 2.55. The first-order valence-electron chi connectivity index (χ1n) is 6.74. The Bertz CT molecular complexity index is 393. The highest BCUT2D eigenvalue weighted by Crippen LogP contribution is 2.16. The van der Waals surface area contributed by atoms with E-state index in [4.69, 9.17) is 5.41 Å². The van der Waals surface area contributed by atoms with Gasteiger partial charge in [0, 0.05) is 21.7 Å². The van der Waals surface area contributed by atoms with Crippen molar-refractivity contribution in [2.24, 2.45) is 0 Å². The molecule has 1 aromatic carbocycles. The van der Waals surface area contributed by atoms with E-state index in [9.17, 15) is 0 Å². The quantitative estimate of drug-likeness (QED) is 0.643. The van der Waals surface area contributed by atoms with Crippen LogP contribution in [0.2, 0.25) is 0 Å². The molecule has 2 rings (SSSR count). The molecule has 1 atom stereocenters. The van der Waals surface area contributed by atoms with Gasteiger partial charge in [-0.15, -0.1) is 0 Å². The molecule has 1 aliphatic rings. The second kappa shape index (κ2) is 6.66. The molecule has 1 aromatic rings. The van der Waals surface area contributed by atoms with E-state index in [0.29, 0.717) is 6.04 Å². The fourth-order valence-corrected chi connectivity index (χ4v) is 2.91. The number of hydrogen-bond donors (Lipinski definition) is 1. The largest absolute Gasteiger partial charge is 0.305 e. The van der Waals surface area contributed by atoms with Crippen molar-refractivity contribution in [3.8, 4) is 0 Å². The van der Waals surface area contributed by atoms with Crippen molar-refractivity contribution in [2.45, 2.75) is 38.6 Å². The summed E-state index contributed by atoms with van der Waals surface area (Å²) in [7, 11) is 0. The third-order valence-electron chi connectivity index (χ3n) is 3.71. The number of hydrogen-bond acceptors (Lipinski definition) is 2. The molecule has 1 fully saturated rings. The second-order valence-corrected chi connectivity index (χ2v) is 6.38.